The average Bonchev–Trinajstić information content (AvgIpc) is 3.08. The minimum atomic E-state index is -0.478. The topological polar surface area (TPSA) is 98.3 Å². The number of nitrogens with zero attached hydrogens (tertiary/aromatic N) is 6. The third kappa shape index (κ3) is 3.62. The molecule has 0 bridgehead atoms. The Labute approximate surface area is 165 Å². The predicted octanol–water partition coefficient (Wildman–Crippen LogP) is 3.51. The number of halogens is 1. The van der Waals surface area contributed by atoms with Crippen LogP contribution in [0.2, 0.25) is 0 Å². The first-order valence-corrected chi connectivity index (χ1v) is 8.85. The number of hydrogen-bond acceptors (Lipinski definition) is 7. The molecule has 0 radical (unpaired) electrons. The van der Waals surface area contributed by atoms with Crippen molar-refractivity contribution in [3.8, 4) is 23.1 Å². The van der Waals surface area contributed by atoms with E-state index in [9.17, 15) is 9.50 Å². The van der Waals surface area contributed by atoms with Gasteiger partial charge in [-0.3, -0.25) is 4.98 Å². The van der Waals surface area contributed by atoms with Crippen LogP contribution in [-0.4, -0.2) is 42.9 Å². The van der Waals surface area contributed by atoms with Crippen LogP contribution in [-0.2, 0) is 6.54 Å². The lowest BCUT2D eigenvalue weighted by Crippen LogP contribution is -2.05. The highest BCUT2D eigenvalue weighted by Crippen LogP contribution is 2.31. The number of pyridine rings is 1. The summed E-state index contributed by atoms with van der Waals surface area (Å²) in [5.41, 5.74) is 2.26. The van der Waals surface area contributed by atoms with Gasteiger partial charge in [0.2, 0.25) is 0 Å². The minimum absolute atomic E-state index is 0.151. The number of phenolic OH excluding ortho intramolecular Hbond substituents is 1. The third-order valence-electron chi connectivity index (χ3n) is 4.22. The molecule has 4 aromatic rings. The largest absolute Gasteiger partial charge is 0.508 e. The van der Waals surface area contributed by atoms with Crippen molar-refractivity contribution < 1.29 is 14.2 Å². The molecule has 29 heavy (non-hydrogen) atoms. The van der Waals surface area contributed by atoms with Crippen molar-refractivity contribution in [2.24, 2.45) is 4.99 Å². The van der Waals surface area contributed by atoms with Gasteiger partial charge in [0.25, 0.3) is 0 Å². The minimum Gasteiger partial charge on any atom is -0.508 e. The van der Waals surface area contributed by atoms with E-state index < -0.39 is 5.82 Å². The second-order valence-corrected chi connectivity index (χ2v) is 6.17. The average molecular weight is 392 g/mol. The van der Waals surface area contributed by atoms with Crippen LogP contribution in [0.25, 0.3) is 22.6 Å². The zero-order chi connectivity index (χ0) is 20.4. The molecule has 0 saturated carbocycles. The van der Waals surface area contributed by atoms with Gasteiger partial charge in [0.05, 0.1) is 19.3 Å². The van der Waals surface area contributed by atoms with Gasteiger partial charge in [-0.15, -0.1) is 0 Å². The molecule has 0 aliphatic rings. The smallest absolute Gasteiger partial charge is 0.320 e. The molecular formula is C20H17FN6O2. The van der Waals surface area contributed by atoms with Crippen molar-refractivity contribution >= 4 is 23.7 Å². The molecule has 8 nitrogen and oxygen atoms in total. The van der Waals surface area contributed by atoms with Gasteiger partial charge < -0.3 is 14.4 Å². The Hall–Kier alpha value is -3.88. The summed E-state index contributed by atoms with van der Waals surface area (Å²) in [4.78, 5) is 21.2. The molecule has 1 N–H and O–H groups in total. The van der Waals surface area contributed by atoms with E-state index in [1.807, 2.05) is 6.92 Å². The Morgan fingerprint density at radius 2 is 1.97 bits per heavy atom. The molecular weight excluding hydrogens is 375 g/mol. The van der Waals surface area contributed by atoms with Crippen LogP contribution in [0, 0.1) is 5.82 Å². The van der Waals surface area contributed by atoms with E-state index in [2.05, 4.69) is 31.6 Å². The van der Waals surface area contributed by atoms with Gasteiger partial charge in [0.15, 0.2) is 17.0 Å². The van der Waals surface area contributed by atoms with Gasteiger partial charge in [0, 0.05) is 11.8 Å². The Kier molecular flexibility index (Phi) is 4.86. The predicted molar refractivity (Wildman–Crippen MR) is 106 cm³/mol. The summed E-state index contributed by atoms with van der Waals surface area (Å²) in [6.45, 7) is 6.13. The molecule has 9 heteroatoms. The molecule has 0 spiro atoms. The van der Waals surface area contributed by atoms with Crippen LogP contribution < -0.4 is 4.74 Å². The Morgan fingerprint density at radius 1 is 1.17 bits per heavy atom. The standard InChI is InChI=1S/C20H17FN6O2/c1-3-29-20-25-17(22-2)16-19(26-20)27(11-12-4-6-15(28)7-5-12)18(24-16)13-8-14(21)10-23-9-13/h4-10,28H,2-3,11H2,1H3. The first kappa shape index (κ1) is 18.5. The quantitative estimate of drug-likeness (QED) is 0.504. The summed E-state index contributed by atoms with van der Waals surface area (Å²) in [7, 11) is 0. The molecule has 0 saturated heterocycles. The van der Waals surface area contributed by atoms with Crippen LogP contribution in [0.15, 0.2) is 47.7 Å². The molecule has 0 aliphatic carbocycles. The molecule has 0 aliphatic heterocycles. The van der Waals surface area contributed by atoms with Crippen molar-refractivity contribution in [3.05, 3.63) is 54.1 Å². The molecule has 0 unspecified atom stereocenters. The van der Waals surface area contributed by atoms with E-state index in [4.69, 9.17) is 4.74 Å². The van der Waals surface area contributed by atoms with E-state index >= 15 is 0 Å². The maximum Gasteiger partial charge on any atom is 0.320 e. The summed E-state index contributed by atoms with van der Waals surface area (Å²) >= 11 is 0. The Balaban J connectivity index is 1.96. The summed E-state index contributed by atoms with van der Waals surface area (Å²) in [6.07, 6.45) is 2.65. The van der Waals surface area contributed by atoms with Crippen molar-refractivity contribution in [2.75, 3.05) is 6.61 Å². The number of rotatable bonds is 6. The van der Waals surface area contributed by atoms with Crippen molar-refractivity contribution in [1.82, 2.24) is 24.5 Å². The fraction of sp³-hybridized carbons (Fsp3) is 0.150. The number of fused-ring (bicyclic) bond motifs is 1. The fourth-order valence-electron chi connectivity index (χ4n) is 2.96. The second-order valence-electron chi connectivity index (χ2n) is 6.17. The lowest BCUT2D eigenvalue weighted by atomic mass is 10.2. The second kappa shape index (κ2) is 7.63. The molecule has 0 atom stereocenters. The summed E-state index contributed by atoms with van der Waals surface area (Å²) in [5, 5.41) is 9.56. The van der Waals surface area contributed by atoms with Gasteiger partial charge in [-0.1, -0.05) is 12.1 Å². The Bertz CT molecular complexity index is 1190. The first-order valence-electron chi connectivity index (χ1n) is 8.85. The highest BCUT2D eigenvalue weighted by molar-refractivity contribution is 5.86. The summed E-state index contributed by atoms with van der Waals surface area (Å²) < 4.78 is 21.1. The first-order chi connectivity index (χ1) is 14.1. The number of benzene rings is 1. The molecule has 4 rings (SSSR count). The van der Waals surface area contributed by atoms with Crippen LogP contribution >= 0.6 is 0 Å². The molecule has 0 fully saturated rings. The molecule has 3 heterocycles. The monoisotopic (exact) mass is 392 g/mol. The lowest BCUT2D eigenvalue weighted by Gasteiger charge is -2.10. The number of ether oxygens (including phenoxy) is 1. The maximum atomic E-state index is 13.8. The highest BCUT2D eigenvalue weighted by Gasteiger charge is 2.20. The summed E-state index contributed by atoms with van der Waals surface area (Å²) in [5.74, 6) is 0.410. The zero-order valence-electron chi connectivity index (χ0n) is 15.6. The van der Waals surface area contributed by atoms with E-state index in [0.29, 0.717) is 35.7 Å². The molecule has 3 aromatic heterocycles. The number of aromatic nitrogens is 5. The third-order valence-corrected chi connectivity index (χ3v) is 4.22. The van der Waals surface area contributed by atoms with Gasteiger partial charge in [-0.05, 0) is 37.4 Å². The number of imidazole rings is 1. The number of hydrogen-bond donors (Lipinski definition) is 1. The van der Waals surface area contributed by atoms with Gasteiger partial charge in [-0.25, -0.2) is 14.4 Å². The summed E-state index contributed by atoms with van der Waals surface area (Å²) in [6, 6.07) is 8.25. The fourth-order valence-corrected chi connectivity index (χ4v) is 2.96. The van der Waals surface area contributed by atoms with Crippen LogP contribution in [0.5, 0.6) is 11.8 Å². The van der Waals surface area contributed by atoms with Crippen molar-refractivity contribution in [2.45, 2.75) is 13.5 Å². The molecule has 0 amide bonds. The Morgan fingerprint density at radius 3 is 2.66 bits per heavy atom. The van der Waals surface area contributed by atoms with Crippen LogP contribution in [0.3, 0.4) is 0 Å². The number of phenols is 1. The number of aromatic hydroxyl groups is 1. The maximum absolute atomic E-state index is 13.8. The normalized spacial score (nSPS) is 11.0. The van der Waals surface area contributed by atoms with Crippen LogP contribution in [0.1, 0.15) is 12.5 Å². The number of aliphatic imine (C=N–C) groups is 1. The van der Waals surface area contributed by atoms with Gasteiger partial charge in [0.1, 0.15) is 17.4 Å². The zero-order valence-corrected chi connectivity index (χ0v) is 15.6. The van der Waals surface area contributed by atoms with Crippen molar-refractivity contribution in [3.63, 3.8) is 0 Å². The van der Waals surface area contributed by atoms with Gasteiger partial charge in [-0.2, -0.15) is 9.97 Å². The van der Waals surface area contributed by atoms with Crippen LogP contribution in [0.4, 0.5) is 10.2 Å². The highest BCUT2D eigenvalue weighted by atomic mass is 19.1. The van der Waals surface area contributed by atoms with E-state index in [0.717, 1.165) is 11.8 Å². The van der Waals surface area contributed by atoms with Gasteiger partial charge >= 0.3 is 6.01 Å². The van der Waals surface area contributed by atoms with E-state index in [-0.39, 0.29) is 17.6 Å². The van der Waals surface area contributed by atoms with E-state index in [1.54, 1.807) is 28.8 Å². The molecule has 146 valence electrons. The van der Waals surface area contributed by atoms with E-state index in [1.165, 1.54) is 12.3 Å². The molecule has 1 aromatic carbocycles. The lowest BCUT2D eigenvalue weighted by molar-refractivity contribution is 0.314. The van der Waals surface area contributed by atoms with Crippen molar-refractivity contribution in [1.29, 1.82) is 0 Å². The SMILES string of the molecule is C=Nc1nc(OCC)nc2c1nc(-c1cncc(F)c1)n2Cc1ccc(O)cc1.